The molecule has 4 rings (SSSR count). The number of carbonyl (C=O) groups is 1. The van der Waals surface area contributed by atoms with Crippen LogP contribution in [-0.2, 0) is 10.0 Å². The maximum absolute atomic E-state index is 12.2. The van der Waals surface area contributed by atoms with Gasteiger partial charge in [-0.15, -0.1) is 11.6 Å². The van der Waals surface area contributed by atoms with Gasteiger partial charge in [-0.2, -0.15) is 9.29 Å². The first-order valence-electron chi connectivity index (χ1n) is 10.6. The van der Waals surface area contributed by atoms with Crippen LogP contribution in [0.4, 0.5) is 23.1 Å². The van der Waals surface area contributed by atoms with Crippen molar-refractivity contribution in [2.45, 2.75) is 37.4 Å². The van der Waals surface area contributed by atoms with Crippen LogP contribution in [0.1, 0.15) is 37.0 Å². The highest BCUT2D eigenvalue weighted by Crippen LogP contribution is 2.27. The van der Waals surface area contributed by atoms with Crippen molar-refractivity contribution in [2.75, 3.05) is 41.7 Å². The second-order valence-corrected chi connectivity index (χ2v) is 11.2. The lowest BCUT2D eigenvalue weighted by molar-refractivity contribution is 0.101. The van der Waals surface area contributed by atoms with Crippen molar-refractivity contribution in [2.24, 2.45) is 0 Å². The SMILES string of the molecule is CC(=O)c1cnc(Nc2ccc(N3CCN(S(=O)(=O)C(C)Cl)CC3)cc2)nc1NC1CC1. The van der Waals surface area contributed by atoms with Crippen LogP contribution in [0.15, 0.2) is 30.5 Å². The van der Waals surface area contributed by atoms with E-state index in [1.54, 1.807) is 6.20 Å². The Kier molecular flexibility index (Phi) is 6.55. The van der Waals surface area contributed by atoms with Crippen LogP contribution < -0.4 is 15.5 Å². The predicted octanol–water partition coefficient (Wildman–Crippen LogP) is 3.03. The Labute approximate surface area is 193 Å². The lowest BCUT2D eigenvalue weighted by atomic mass is 10.2. The van der Waals surface area contributed by atoms with Crippen molar-refractivity contribution >= 4 is 50.5 Å². The molecule has 1 aromatic heterocycles. The summed E-state index contributed by atoms with van der Waals surface area (Å²) in [5.41, 5.74) is 2.32. The lowest BCUT2D eigenvalue weighted by Gasteiger charge is -2.35. The standard InChI is InChI=1S/C21H27ClN6O3S/c1-14(29)19-13-23-21(26-20(19)24-16-3-4-16)25-17-5-7-18(8-6-17)27-9-11-28(12-10-27)32(30,31)15(2)22/h5-8,13,15-16H,3-4,9-12H2,1-2H3,(H2,23,24,25,26). The third-order valence-electron chi connectivity index (χ3n) is 5.58. The molecule has 1 aliphatic heterocycles. The first-order chi connectivity index (χ1) is 15.2. The number of hydrogen-bond acceptors (Lipinski definition) is 8. The fourth-order valence-corrected chi connectivity index (χ4v) is 4.94. The second kappa shape index (κ2) is 9.21. The molecule has 1 saturated carbocycles. The van der Waals surface area contributed by atoms with Crippen LogP contribution in [0.3, 0.4) is 0 Å². The van der Waals surface area contributed by atoms with Gasteiger partial charge in [-0.3, -0.25) is 4.79 Å². The van der Waals surface area contributed by atoms with Crippen LogP contribution in [0.2, 0.25) is 0 Å². The molecule has 0 bridgehead atoms. The zero-order valence-corrected chi connectivity index (χ0v) is 19.7. The van der Waals surface area contributed by atoms with Gasteiger partial charge in [0.05, 0.1) is 5.56 Å². The number of nitrogens with zero attached hydrogens (tertiary/aromatic N) is 4. The van der Waals surface area contributed by atoms with Gasteiger partial charge < -0.3 is 15.5 Å². The first-order valence-corrected chi connectivity index (χ1v) is 12.6. The van der Waals surface area contributed by atoms with E-state index in [0.29, 0.717) is 49.6 Å². The quantitative estimate of drug-likeness (QED) is 0.440. The third-order valence-corrected chi connectivity index (χ3v) is 8.17. The van der Waals surface area contributed by atoms with Gasteiger partial charge in [-0.1, -0.05) is 0 Å². The minimum Gasteiger partial charge on any atom is -0.369 e. The fraction of sp³-hybridized carbons (Fsp3) is 0.476. The number of alkyl halides is 1. The van der Waals surface area contributed by atoms with E-state index in [1.807, 2.05) is 24.3 Å². The molecule has 0 radical (unpaired) electrons. The average molecular weight is 479 g/mol. The Hall–Kier alpha value is -2.43. The molecule has 1 saturated heterocycles. The summed E-state index contributed by atoms with van der Waals surface area (Å²) in [5.74, 6) is 0.908. The summed E-state index contributed by atoms with van der Waals surface area (Å²) in [6, 6.07) is 8.18. The molecule has 32 heavy (non-hydrogen) atoms. The van der Waals surface area contributed by atoms with E-state index >= 15 is 0 Å². The molecule has 2 aromatic rings. The summed E-state index contributed by atoms with van der Waals surface area (Å²) in [6.07, 6.45) is 3.71. The maximum Gasteiger partial charge on any atom is 0.230 e. The smallest absolute Gasteiger partial charge is 0.230 e. The van der Waals surface area contributed by atoms with E-state index in [4.69, 9.17) is 11.6 Å². The third kappa shape index (κ3) is 5.13. The van der Waals surface area contributed by atoms with Gasteiger partial charge in [0.2, 0.25) is 16.0 Å². The molecular weight excluding hydrogens is 452 g/mol. The molecule has 0 spiro atoms. The van der Waals surface area contributed by atoms with Crippen molar-refractivity contribution in [1.29, 1.82) is 0 Å². The zero-order chi connectivity index (χ0) is 22.9. The van der Waals surface area contributed by atoms with Gasteiger partial charge in [0, 0.05) is 49.8 Å². The number of halogens is 1. The van der Waals surface area contributed by atoms with E-state index in [-0.39, 0.29) is 5.78 Å². The lowest BCUT2D eigenvalue weighted by Crippen LogP contribution is -2.50. The maximum atomic E-state index is 12.2. The summed E-state index contributed by atoms with van der Waals surface area (Å²) in [4.78, 5) is 22.8. The van der Waals surface area contributed by atoms with Gasteiger partial charge in [0.25, 0.3) is 0 Å². The average Bonchev–Trinajstić information content (AvgIpc) is 3.58. The normalized spacial score (nSPS) is 18.3. The number of rotatable bonds is 8. The molecule has 2 aliphatic rings. The van der Waals surface area contributed by atoms with Gasteiger partial charge in [0.15, 0.2) is 5.78 Å². The van der Waals surface area contributed by atoms with Crippen molar-refractivity contribution in [3.63, 3.8) is 0 Å². The summed E-state index contributed by atoms with van der Waals surface area (Å²) < 4.78 is 25.0. The molecule has 1 aliphatic carbocycles. The number of anilines is 4. The molecule has 0 amide bonds. The number of nitrogens with one attached hydrogen (secondary N) is 2. The number of carbonyl (C=O) groups excluding carboxylic acids is 1. The van der Waals surface area contributed by atoms with Crippen molar-refractivity contribution in [3.8, 4) is 0 Å². The Bertz CT molecular complexity index is 1080. The number of piperazine rings is 1. The topological polar surface area (TPSA) is 108 Å². The Morgan fingerprint density at radius 2 is 1.81 bits per heavy atom. The van der Waals surface area contributed by atoms with Crippen LogP contribution >= 0.6 is 11.6 Å². The molecule has 172 valence electrons. The predicted molar refractivity (Wildman–Crippen MR) is 126 cm³/mol. The number of hydrogen-bond donors (Lipinski definition) is 2. The minimum absolute atomic E-state index is 0.0718. The molecule has 2 heterocycles. The van der Waals surface area contributed by atoms with Crippen LogP contribution in [0.5, 0.6) is 0 Å². The highest BCUT2D eigenvalue weighted by molar-refractivity contribution is 7.91. The van der Waals surface area contributed by atoms with Gasteiger partial charge in [-0.05, 0) is 51.0 Å². The highest BCUT2D eigenvalue weighted by Gasteiger charge is 2.30. The fourth-order valence-electron chi connectivity index (χ4n) is 3.52. The van der Waals surface area contributed by atoms with Gasteiger partial charge in [0.1, 0.15) is 10.5 Å². The van der Waals surface area contributed by atoms with Crippen LogP contribution in [-0.4, -0.2) is 65.4 Å². The van der Waals surface area contributed by atoms with E-state index in [0.717, 1.165) is 24.2 Å². The summed E-state index contributed by atoms with van der Waals surface area (Å²) in [6.45, 7) is 5.01. The molecule has 9 nitrogen and oxygen atoms in total. The molecule has 2 fully saturated rings. The van der Waals surface area contributed by atoms with Crippen molar-refractivity contribution in [1.82, 2.24) is 14.3 Å². The summed E-state index contributed by atoms with van der Waals surface area (Å²) in [7, 11) is -3.44. The molecule has 2 N–H and O–H groups in total. The summed E-state index contributed by atoms with van der Waals surface area (Å²) in [5, 5.41) is 6.47. The van der Waals surface area contributed by atoms with Crippen molar-refractivity contribution in [3.05, 3.63) is 36.0 Å². The first kappa shape index (κ1) is 22.8. The highest BCUT2D eigenvalue weighted by atomic mass is 35.5. The molecule has 1 unspecified atom stereocenters. The van der Waals surface area contributed by atoms with E-state index in [9.17, 15) is 13.2 Å². The van der Waals surface area contributed by atoms with E-state index in [1.165, 1.54) is 18.2 Å². The van der Waals surface area contributed by atoms with E-state index in [2.05, 4.69) is 25.5 Å². The van der Waals surface area contributed by atoms with Gasteiger partial charge in [-0.25, -0.2) is 13.4 Å². The molecule has 1 aromatic carbocycles. The molecular formula is C21H27ClN6O3S. The van der Waals surface area contributed by atoms with Gasteiger partial charge >= 0.3 is 0 Å². The number of aromatic nitrogens is 2. The molecule has 11 heteroatoms. The Balaban J connectivity index is 1.40. The number of benzene rings is 1. The zero-order valence-electron chi connectivity index (χ0n) is 18.1. The monoisotopic (exact) mass is 478 g/mol. The Morgan fingerprint density at radius 1 is 1.16 bits per heavy atom. The Morgan fingerprint density at radius 3 is 2.38 bits per heavy atom. The van der Waals surface area contributed by atoms with E-state index < -0.39 is 14.7 Å². The largest absolute Gasteiger partial charge is 0.369 e. The van der Waals surface area contributed by atoms with Crippen LogP contribution in [0, 0.1) is 0 Å². The molecule has 1 atom stereocenters. The number of sulfonamides is 1. The second-order valence-electron chi connectivity index (χ2n) is 8.08. The van der Waals surface area contributed by atoms with Crippen LogP contribution in [0.25, 0.3) is 0 Å². The van der Waals surface area contributed by atoms with Crippen molar-refractivity contribution < 1.29 is 13.2 Å². The minimum atomic E-state index is -3.44. The number of ketones is 1. The summed E-state index contributed by atoms with van der Waals surface area (Å²) >= 11 is 5.82. The number of Topliss-reactive ketones (excluding diaryl/α,β-unsaturated/α-hetero) is 1.